The molecule has 1 aromatic rings. The third-order valence-corrected chi connectivity index (χ3v) is 2.41. The van der Waals surface area contributed by atoms with Crippen LogP contribution in [-0.2, 0) is 5.41 Å². The van der Waals surface area contributed by atoms with E-state index in [0.29, 0.717) is 0 Å². The molecule has 0 amide bonds. The molecule has 1 heteroatoms. The van der Waals surface area contributed by atoms with E-state index in [2.05, 4.69) is 62.5 Å². The van der Waals surface area contributed by atoms with Gasteiger partial charge in [-0.3, -0.25) is 0 Å². The number of anilines is 1. The largest absolute Gasteiger partial charge is 0.382 e. The van der Waals surface area contributed by atoms with Crippen molar-refractivity contribution in [1.29, 1.82) is 0 Å². The molecule has 0 atom stereocenters. The van der Waals surface area contributed by atoms with E-state index < -0.39 is 0 Å². The van der Waals surface area contributed by atoms with Crippen LogP contribution in [0.1, 0.15) is 33.3 Å². The van der Waals surface area contributed by atoms with Gasteiger partial charge in [-0.15, -0.1) is 0 Å². The quantitative estimate of drug-likeness (QED) is 0.733. The fourth-order valence-electron chi connectivity index (χ4n) is 1.38. The summed E-state index contributed by atoms with van der Waals surface area (Å²) in [6, 6.07) is 8.67. The summed E-state index contributed by atoms with van der Waals surface area (Å²) in [6.07, 6.45) is 4.16. The minimum absolute atomic E-state index is 0.238. The Kier molecular flexibility index (Phi) is 3.96. The first kappa shape index (κ1) is 11.8. The number of nitrogens with one attached hydrogen (secondary N) is 1. The van der Waals surface area contributed by atoms with E-state index in [-0.39, 0.29) is 5.41 Å². The molecule has 0 radical (unpaired) electrons. The maximum absolute atomic E-state index is 3.34. The summed E-state index contributed by atoms with van der Waals surface area (Å²) in [6.45, 7) is 9.62. The van der Waals surface area contributed by atoms with Gasteiger partial charge in [-0.1, -0.05) is 45.1 Å². The molecule has 0 aliphatic heterocycles. The average Bonchev–Trinajstić information content (AvgIpc) is 2.18. The van der Waals surface area contributed by atoms with E-state index in [1.54, 1.807) is 0 Å². The molecule has 0 saturated carbocycles. The zero-order valence-electron chi connectivity index (χ0n) is 10.2. The van der Waals surface area contributed by atoms with Crippen LogP contribution in [0.2, 0.25) is 0 Å². The smallest absolute Gasteiger partial charge is 0.0342 e. The maximum Gasteiger partial charge on any atom is 0.0342 e. The van der Waals surface area contributed by atoms with Gasteiger partial charge in [-0.05, 0) is 30.0 Å². The Morgan fingerprint density at radius 3 is 2.20 bits per heavy atom. The normalized spacial score (nSPS) is 12.0. The van der Waals surface area contributed by atoms with Crippen LogP contribution in [0, 0.1) is 0 Å². The molecule has 1 nitrogen and oxygen atoms in total. The van der Waals surface area contributed by atoms with Crippen LogP contribution in [0.5, 0.6) is 0 Å². The Morgan fingerprint density at radius 1 is 1.13 bits per heavy atom. The second-order valence-electron chi connectivity index (χ2n) is 4.78. The molecule has 15 heavy (non-hydrogen) atoms. The highest BCUT2D eigenvalue weighted by Gasteiger charge is 2.12. The lowest BCUT2D eigenvalue weighted by molar-refractivity contribution is 0.590. The van der Waals surface area contributed by atoms with Crippen LogP contribution in [0.15, 0.2) is 36.4 Å². The Hall–Kier alpha value is -1.24. The van der Waals surface area contributed by atoms with Gasteiger partial charge in [-0.2, -0.15) is 0 Å². The Bertz CT molecular complexity index is 314. The second-order valence-corrected chi connectivity index (χ2v) is 4.78. The van der Waals surface area contributed by atoms with Crippen molar-refractivity contribution < 1.29 is 0 Å². The van der Waals surface area contributed by atoms with Crippen molar-refractivity contribution >= 4 is 5.69 Å². The van der Waals surface area contributed by atoms with Gasteiger partial charge < -0.3 is 5.32 Å². The molecule has 1 aromatic carbocycles. The van der Waals surface area contributed by atoms with Gasteiger partial charge in [0.15, 0.2) is 0 Å². The molecule has 0 aliphatic rings. The molecule has 0 spiro atoms. The summed E-state index contributed by atoms with van der Waals surface area (Å²) in [5.74, 6) is 0. The standard InChI is InChI=1S/C14H21N/c1-5-6-11-15-13-9-7-12(8-10-13)14(2,3)4/h5-10,15H,11H2,1-4H3/b6-5-. The minimum atomic E-state index is 0.238. The highest BCUT2D eigenvalue weighted by Crippen LogP contribution is 2.23. The molecular weight excluding hydrogens is 182 g/mol. The fraction of sp³-hybridized carbons (Fsp3) is 0.429. The minimum Gasteiger partial charge on any atom is -0.382 e. The lowest BCUT2D eigenvalue weighted by Gasteiger charge is -2.19. The zero-order chi connectivity index (χ0) is 11.3. The van der Waals surface area contributed by atoms with Gasteiger partial charge in [0, 0.05) is 12.2 Å². The third-order valence-electron chi connectivity index (χ3n) is 2.41. The lowest BCUT2D eigenvalue weighted by Crippen LogP contribution is -2.10. The van der Waals surface area contributed by atoms with Crippen LogP contribution >= 0.6 is 0 Å². The highest BCUT2D eigenvalue weighted by molar-refractivity contribution is 5.46. The Balaban J connectivity index is 2.64. The molecule has 1 rings (SSSR count). The molecule has 0 aromatic heterocycles. The van der Waals surface area contributed by atoms with E-state index >= 15 is 0 Å². The van der Waals surface area contributed by atoms with Crippen molar-refractivity contribution in [1.82, 2.24) is 0 Å². The fourth-order valence-corrected chi connectivity index (χ4v) is 1.38. The Morgan fingerprint density at radius 2 is 1.73 bits per heavy atom. The number of hydrogen-bond acceptors (Lipinski definition) is 1. The first-order valence-electron chi connectivity index (χ1n) is 5.49. The maximum atomic E-state index is 3.34. The number of hydrogen-bond donors (Lipinski definition) is 1. The van der Waals surface area contributed by atoms with Crippen LogP contribution in [0.25, 0.3) is 0 Å². The number of rotatable bonds is 3. The van der Waals surface area contributed by atoms with Gasteiger partial charge >= 0.3 is 0 Å². The average molecular weight is 203 g/mol. The van der Waals surface area contributed by atoms with E-state index in [4.69, 9.17) is 0 Å². The summed E-state index contributed by atoms with van der Waals surface area (Å²) in [4.78, 5) is 0. The van der Waals surface area contributed by atoms with Crippen LogP contribution < -0.4 is 5.32 Å². The highest BCUT2D eigenvalue weighted by atomic mass is 14.8. The van der Waals surface area contributed by atoms with Crippen molar-refractivity contribution in [3.8, 4) is 0 Å². The number of allylic oxidation sites excluding steroid dienone is 1. The first-order valence-corrected chi connectivity index (χ1v) is 5.49. The van der Waals surface area contributed by atoms with Crippen LogP contribution in [-0.4, -0.2) is 6.54 Å². The lowest BCUT2D eigenvalue weighted by atomic mass is 9.87. The van der Waals surface area contributed by atoms with Gasteiger partial charge in [0.1, 0.15) is 0 Å². The molecule has 1 N–H and O–H groups in total. The van der Waals surface area contributed by atoms with Crippen LogP contribution in [0.3, 0.4) is 0 Å². The van der Waals surface area contributed by atoms with Gasteiger partial charge in [0.25, 0.3) is 0 Å². The van der Waals surface area contributed by atoms with E-state index in [9.17, 15) is 0 Å². The van der Waals surface area contributed by atoms with Crippen molar-refractivity contribution in [2.75, 3.05) is 11.9 Å². The van der Waals surface area contributed by atoms with Crippen molar-refractivity contribution in [3.63, 3.8) is 0 Å². The second kappa shape index (κ2) is 5.01. The molecule has 0 unspecified atom stereocenters. The first-order chi connectivity index (χ1) is 7.04. The van der Waals surface area contributed by atoms with Crippen LogP contribution in [0.4, 0.5) is 5.69 Å². The molecule has 0 aliphatic carbocycles. The van der Waals surface area contributed by atoms with Gasteiger partial charge in [0.05, 0.1) is 0 Å². The Labute approximate surface area is 93.2 Å². The molecule has 0 bridgehead atoms. The molecule has 82 valence electrons. The predicted molar refractivity (Wildman–Crippen MR) is 68.4 cm³/mol. The monoisotopic (exact) mass is 203 g/mol. The van der Waals surface area contributed by atoms with Gasteiger partial charge in [-0.25, -0.2) is 0 Å². The van der Waals surface area contributed by atoms with E-state index in [1.807, 2.05) is 6.92 Å². The van der Waals surface area contributed by atoms with E-state index in [0.717, 1.165) is 6.54 Å². The zero-order valence-corrected chi connectivity index (χ0v) is 10.2. The molecule has 0 fully saturated rings. The van der Waals surface area contributed by atoms with Crippen molar-refractivity contribution in [3.05, 3.63) is 42.0 Å². The third kappa shape index (κ3) is 3.78. The predicted octanol–water partition coefficient (Wildman–Crippen LogP) is 3.97. The molecule has 0 saturated heterocycles. The summed E-state index contributed by atoms with van der Waals surface area (Å²) >= 11 is 0. The molecule has 0 heterocycles. The van der Waals surface area contributed by atoms with Gasteiger partial charge in [0.2, 0.25) is 0 Å². The molecular formula is C14H21N. The summed E-state index contributed by atoms with van der Waals surface area (Å²) in [5.41, 5.74) is 2.79. The van der Waals surface area contributed by atoms with E-state index in [1.165, 1.54) is 11.3 Å². The SMILES string of the molecule is C/C=C\CNc1ccc(C(C)(C)C)cc1. The summed E-state index contributed by atoms with van der Waals surface area (Å²) < 4.78 is 0. The van der Waals surface area contributed by atoms with Crippen molar-refractivity contribution in [2.24, 2.45) is 0 Å². The topological polar surface area (TPSA) is 12.0 Å². The summed E-state index contributed by atoms with van der Waals surface area (Å²) in [5, 5.41) is 3.34. The number of benzene rings is 1. The van der Waals surface area contributed by atoms with Crippen molar-refractivity contribution in [2.45, 2.75) is 33.1 Å². The summed E-state index contributed by atoms with van der Waals surface area (Å²) in [7, 11) is 0.